The third-order valence-corrected chi connectivity index (χ3v) is 7.84. The van der Waals surface area contributed by atoms with Gasteiger partial charge in [0.25, 0.3) is 5.91 Å². The second-order valence-corrected chi connectivity index (χ2v) is 9.64. The molecular formula is C25H27ClN2O6. The van der Waals surface area contributed by atoms with Gasteiger partial charge in [-0.15, -0.1) is 0 Å². The van der Waals surface area contributed by atoms with Crippen LogP contribution in [-0.2, 0) is 23.9 Å². The zero-order valence-corrected chi connectivity index (χ0v) is 19.8. The molecular weight excluding hydrogens is 460 g/mol. The second-order valence-electron chi connectivity index (χ2n) is 9.23. The Kier molecular flexibility index (Phi) is 5.58. The number of aliphatic hydroxyl groups excluding tert-OH is 1. The quantitative estimate of drug-likeness (QED) is 0.517. The van der Waals surface area contributed by atoms with E-state index in [0.29, 0.717) is 17.1 Å². The summed E-state index contributed by atoms with van der Waals surface area (Å²) in [4.78, 5) is 44.2. The highest BCUT2D eigenvalue weighted by molar-refractivity contribution is 6.34. The average molecular weight is 487 g/mol. The maximum atomic E-state index is 14.2. The van der Waals surface area contributed by atoms with Gasteiger partial charge in [-0.25, -0.2) is 0 Å². The molecule has 5 rings (SSSR count). The van der Waals surface area contributed by atoms with Crippen molar-refractivity contribution in [3.63, 3.8) is 0 Å². The van der Waals surface area contributed by atoms with Gasteiger partial charge in [-0.05, 0) is 31.6 Å². The van der Waals surface area contributed by atoms with Crippen molar-refractivity contribution >= 4 is 35.1 Å². The van der Waals surface area contributed by atoms with Crippen molar-refractivity contribution in [3.05, 3.63) is 53.6 Å². The van der Waals surface area contributed by atoms with Gasteiger partial charge >= 0.3 is 5.97 Å². The number of ether oxygens (including phenoxy) is 2. The van der Waals surface area contributed by atoms with Crippen LogP contribution in [0, 0.1) is 11.8 Å². The van der Waals surface area contributed by atoms with Crippen LogP contribution in [0.3, 0.4) is 0 Å². The molecule has 0 radical (unpaired) electrons. The van der Waals surface area contributed by atoms with E-state index in [0.717, 1.165) is 0 Å². The van der Waals surface area contributed by atoms with Crippen molar-refractivity contribution < 1.29 is 29.0 Å². The maximum Gasteiger partial charge on any atom is 0.313 e. The van der Waals surface area contributed by atoms with Crippen molar-refractivity contribution in [2.75, 3.05) is 24.7 Å². The molecule has 1 aromatic carbocycles. The normalized spacial score (nSPS) is 35.4. The van der Waals surface area contributed by atoms with E-state index >= 15 is 0 Å². The molecule has 4 aliphatic rings. The van der Waals surface area contributed by atoms with E-state index in [9.17, 15) is 19.5 Å². The van der Waals surface area contributed by atoms with Crippen LogP contribution >= 0.6 is 11.6 Å². The highest BCUT2D eigenvalue weighted by Gasteiger charge is 2.75. The predicted octanol–water partition coefficient (Wildman–Crippen LogP) is 2.10. The van der Waals surface area contributed by atoms with Crippen molar-refractivity contribution in [1.82, 2.24) is 4.90 Å². The molecule has 2 amide bonds. The zero-order valence-electron chi connectivity index (χ0n) is 19.0. The van der Waals surface area contributed by atoms with E-state index < -0.39 is 47.0 Å². The zero-order chi connectivity index (χ0) is 24.3. The Bertz CT molecular complexity index is 1100. The van der Waals surface area contributed by atoms with Gasteiger partial charge in [0, 0.05) is 6.54 Å². The fraction of sp³-hybridized carbons (Fsp3) is 0.480. The number of nitrogens with zero attached hydrogens (tertiary/aromatic N) is 2. The van der Waals surface area contributed by atoms with Gasteiger partial charge in [-0.1, -0.05) is 48.9 Å². The number of carbonyl (C=O) groups is 3. The van der Waals surface area contributed by atoms with Gasteiger partial charge in [0.2, 0.25) is 5.91 Å². The molecule has 4 heterocycles. The Labute approximate surface area is 202 Å². The van der Waals surface area contributed by atoms with Gasteiger partial charge in [-0.3, -0.25) is 14.4 Å². The third-order valence-electron chi connectivity index (χ3n) is 7.52. The molecule has 0 aromatic heterocycles. The van der Waals surface area contributed by atoms with Crippen LogP contribution in [0.2, 0.25) is 5.02 Å². The lowest BCUT2D eigenvalue weighted by atomic mass is 9.73. The summed E-state index contributed by atoms with van der Waals surface area (Å²) in [5.74, 6) is -3.18. The molecule has 34 heavy (non-hydrogen) atoms. The highest BCUT2D eigenvalue weighted by Crippen LogP contribution is 2.58. The lowest BCUT2D eigenvalue weighted by Crippen LogP contribution is -2.58. The minimum absolute atomic E-state index is 0.101. The number of carbonyl (C=O) groups excluding carboxylic acids is 3. The van der Waals surface area contributed by atoms with Crippen molar-refractivity contribution in [2.24, 2.45) is 11.8 Å². The first-order valence-electron chi connectivity index (χ1n) is 11.5. The molecule has 4 aliphatic heterocycles. The number of hydrogen-bond acceptors (Lipinski definition) is 6. The molecule has 1 N–H and O–H groups in total. The van der Waals surface area contributed by atoms with Gasteiger partial charge in [0.15, 0.2) is 0 Å². The summed E-state index contributed by atoms with van der Waals surface area (Å²) in [6.07, 6.45) is 7.50. The number of benzene rings is 1. The standard InChI is InChI=1S/C25H27ClN2O6/c1-3-24-10-7-13-33-23(32)19(24)18-21(30)28(15(2)14-29)20-22(31)27(12-6-11-25(18,20)34-24)17-9-5-4-8-16(17)26/h4-11,15,18-20,29H,3,12-14H2,1-2H3/t15-,18+,19+,20?,24-,25+/m1/s1. The SMILES string of the molecule is CC[C@@]12C=CCOC(=O)[C@@H]1[C@H]1C(=O)N([C@H](C)CO)C3C(=O)N(c4ccccc4Cl)CC=C[C@@]31O2. The number of para-hydroxylation sites is 1. The smallest absolute Gasteiger partial charge is 0.313 e. The number of rotatable bonds is 4. The van der Waals surface area contributed by atoms with Crippen LogP contribution in [0.25, 0.3) is 0 Å². The molecule has 180 valence electrons. The van der Waals surface area contributed by atoms with E-state index in [4.69, 9.17) is 21.1 Å². The lowest BCUT2D eigenvalue weighted by molar-refractivity contribution is -0.158. The number of fused-ring (bicyclic) bond motifs is 2. The van der Waals surface area contributed by atoms with Crippen LogP contribution in [0.4, 0.5) is 5.69 Å². The van der Waals surface area contributed by atoms with Crippen molar-refractivity contribution in [1.29, 1.82) is 0 Å². The Morgan fingerprint density at radius 3 is 2.62 bits per heavy atom. The number of aliphatic hydroxyl groups is 1. The Morgan fingerprint density at radius 1 is 1.15 bits per heavy atom. The molecule has 2 fully saturated rings. The van der Waals surface area contributed by atoms with Crippen LogP contribution in [0.1, 0.15) is 20.3 Å². The molecule has 8 nitrogen and oxygen atoms in total. The first-order chi connectivity index (χ1) is 16.3. The monoisotopic (exact) mass is 486 g/mol. The van der Waals surface area contributed by atoms with Crippen LogP contribution < -0.4 is 4.90 Å². The van der Waals surface area contributed by atoms with Gasteiger partial charge in [-0.2, -0.15) is 0 Å². The third kappa shape index (κ3) is 3.01. The van der Waals surface area contributed by atoms with Crippen LogP contribution in [0.5, 0.6) is 0 Å². The van der Waals surface area contributed by atoms with Crippen molar-refractivity contribution in [3.8, 4) is 0 Å². The summed E-state index contributed by atoms with van der Waals surface area (Å²) in [7, 11) is 0. The predicted molar refractivity (Wildman–Crippen MR) is 124 cm³/mol. The lowest BCUT2D eigenvalue weighted by Gasteiger charge is -2.39. The Hall–Kier alpha value is -2.68. The molecule has 0 aliphatic carbocycles. The maximum absolute atomic E-state index is 14.2. The van der Waals surface area contributed by atoms with Crippen molar-refractivity contribution in [2.45, 2.75) is 43.6 Å². The van der Waals surface area contributed by atoms with Gasteiger partial charge in [0.1, 0.15) is 29.8 Å². The molecule has 1 spiro atoms. The molecule has 0 saturated carbocycles. The second kappa shape index (κ2) is 8.22. The summed E-state index contributed by atoms with van der Waals surface area (Å²) in [6.45, 7) is 3.54. The molecule has 6 atom stereocenters. The van der Waals surface area contributed by atoms with Gasteiger partial charge in [0.05, 0.1) is 29.3 Å². The van der Waals surface area contributed by atoms with E-state index in [1.807, 2.05) is 6.92 Å². The summed E-state index contributed by atoms with van der Waals surface area (Å²) < 4.78 is 12.1. The van der Waals surface area contributed by atoms with Crippen LogP contribution in [0.15, 0.2) is 48.6 Å². The largest absolute Gasteiger partial charge is 0.461 e. The molecule has 0 bridgehead atoms. The average Bonchev–Trinajstić information content (AvgIpc) is 3.12. The Morgan fingerprint density at radius 2 is 1.91 bits per heavy atom. The molecule has 1 unspecified atom stereocenters. The van der Waals surface area contributed by atoms with Gasteiger partial charge < -0.3 is 24.4 Å². The highest BCUT2D eigenvalue weighted by atomic mass is 35.5. The number of halogens is 1. The number of anilines is 1. The number of esters is 1. The summed E-state index contributed by atoms with van der Waals surface area (Å²) in [5, 5.41) is 10.4. The fourth-order valence-corrected chi connectivity index (χ4v) is 6.22. The first-order valence-corrected chi connectivity index (χ1v) is 11.9. The number of likely N-dealkylation sites (tertiary alicyclic amines) is 1. The summed E-state index contributed by atoms with van der Waals surface area (Å²) >= 11 is 6.42. The fourth-order valence-electron chi connectivity index (χ4n) is 5.98. The minimum atomic E-state index is -1.39. The molecule has 9 heteroatoms. The van der Waals surface area contributed by atoms with E-state index in [2.05, 4.69) is 0 Å². The number of cyclic esters (lactones) is 1. The van der Waals surface area contributed by atoms with E-state index in [-0.39, 0.29) is 25.7 Å². The minimum Gasteiger partial charge on any atom is -0.461 e. The Balaban J connectivity index is 1.70. The molecule has 2 saturated heterocycles. The molecule has 1 aromatic rings. The summed E-state index contributed by atoms with van der Waals surface area (Å²) in [5.41, 5.74) is -1.96. The topological polar surface area (TPSA) is 96.4 Å². The van der Waals surface area contributed by atoms with E-state index in [1.54, 1.807) is 55.5 Å². The number of amides is 2. The summed E-state index contributed by atoms with van der Waals surface area (Å²) in [6, 6.07) is 5.25. The first kappa shape index (κ1) is 23.1. The van der Waals surface area contributed by atoms with E-state index in [1.165, 1.54) is 9.80 Å². The number of hydrogen-bond donors (Lipinski definition) is 1. The van der Waals surface area contributed by atoms with Crippen LogP contribution in [-0.4, -0.2) is 70.8 Å².